The number of nitriles is 1. The van der Waals surface area contributed by atoms with Gasteiger partial charge in [-0.25, -0.2) is 9.97 Å². The van der Waals surface area contributed by atoms with Crippen molar-refractivity contribution in [2.75, 3.05) is 0 Å². The van der Waals surface area contributed by atoms with E-state index in [-0.39, 0.29) is 0 Å². The summed E-state index contributed by atoms with van der Waals surface area (Å²) < 4.78 is 1.84. The Kier molecular flexibility index (Phi) is 6.29. The predicted molar refractivity (Wildman–Crippen MR) is 116 cm³/mol. The van der Waals surface area contributed by atoms with E-state index in [4.69, 9.17) is 21.8 Å². The van der Waals surface area contributed by atoms with Crippen molar-refractivity contribution in [3.8, 4) is 6.19 Å². The monoisotopic (exact) mass is 408 g/mol. The van der Waals surface area contributed by atoms with Crippen LogP contribution in [0.4, 0.5) is 0 Å². The molecule has 3 aromatic rings. The molecule has 0 radical (unpaired) electrons. The van der Waals surface area contributed by atoms with Crippen LogP contribution in [-0.4, -0.2) is 25.5 Å². The maximum Gasteiger partial charge on any atom is 0.205 e. The molecule has 29 heavy (non-hydrogen) atoms. The number of halogens is 1. The van der Waals surface area contributed by atoms with Gasteiger partial charge in [0.2, 0.25) is 6.19 Å². The van der Waals surface area contributed by atoms with Crippen LogP contribution < -0.4 is 0 Å². The van der Waals surface area contributed by atoms with E-state index in [0.717, 1.165) is 39.4 Å². The molecule has 3 aromatic heterocycles. The lowest BCUT2D eigenvalue weighted by Gasteiger charge is -2.11. The number of hydrogen-bond donors (Lipinski definition) is 0. The van der Waals surface area contributed by atoms with E-state index in [1.165, 1.54) is 5.56 Å². The lowest BCUT2D eigenvalue weighted by atomic mass is 9.97. The molecular weight excluding hydrogens is 384 g/mol. The molecule has 0 aliphatic heterocycles. The molecule has 0 unspecified atom stereocenters. The first kappa shape index (κ1) is 20.9. The summed E-state index contributed by atoms with van der Waals surface area (Å²) in [5, 5.41) is 15.2. The molecule has 150 valence electrons. The average molecular weight is 409 g/mol. The number of aliphatic imine (C=N–C) groups is 1. The van der Waals surface area contributed by atoms with E-state index in [1.54, 1.807) is 0 Å². The van der Waals surface area contributed by atoms with Gasteiger partial charge < -0.3 is 0 Å². The molecule has 0 aromatic carbocycles. The zero-order valence-electron chi connectivity index (χ0n) is 17.5. The molecule has 0 saturated heterocycles. The van der Waals surface area contributed by atoms with Crippen LogP contribution in [-0.2, 0) is 19.9 Å². The van der Waals surface area contributed by atoms with Crippen molar-refractivity contribution in [1.82, 2.24) is 19.7 Å². The largest absolute Gasteiger partial charge is 0.250 e. The highest BCUT2D eigenvalue weighted by atomic mass is 35.5. The molecule has 0 spiro atoms. The van der Waals surface area contributed by atoms with E-state index in [1.807, 2.05) is 43.9 Å². The summed E-state index contributed by atoms with van der Waals surface area (Å²) in [5.41, 5.74) is 6.81. The highest BCUT2D eigenvalue weighted by molar-refractivity contribution is 6.29. The minimum absolute atomic E-state index is 0.372. The SMILES string of the molecule is Cc1cc(CC(CCc2cc(C(C)C)c3c(C)nn(C)c3n2)=NC#N)cc(Cl)n1. The third kappa shape index (κ3) is 4.80. The Morgan fingerprint density at radius 1 is 1.24 bits per heavy atom. The minimum atomic E-state index is 0.372. The van der Waals surface area contributed by atoms with E-state index in [9.17, 15) is 0 Å². The fourth-order valence-corrected chi connectivity index (χ4v) is 3.95. The molecule has 0 aliphatic rings. The highest BCUT2D eigenvalue weighted by Gasteiger charge is 2.16. The van der Waals surface area contributed by atoms with Crippen LogP contribution in [0, 0.1) is 25.3 Å². The molecule has 0 aliphatic carbocycles. The summed E-state index contributed by atoms with van der Waals surface area (Å²) in [4.78, 5) is 13.1. The fraction of sp³-hybridized carbons (Fsp3) is 0.409. The lowest BCUT2D eigenvalue weighted by molar-refractivity contribution is 0.769. The molecule has 6 nitrogen and oxygen atoms in total. The summed E-state index contributed by atoms with van der Waals surface area (Å²) >= 11 is 6.07. The van der Waals surface area contributed by atoms with Crippen molar-refractivity contribution in [2.45, 2.75) is 52.9 Å². The fourth-order valence-electron chi connectivity index (χ4n) is 3.68. The average Bonchev–Trinajstić information content (AvgIpc) is 2.92. The standard InChI is InChI=1S/C22H25ClN6/c1-13(2)19-11-18(27-22-21(19)15(4)28-29(22)5)7-6-17(25-12-24)9-16-8-14(3)26-20(23)10-16/h8,10-11,13H,6-7,9H2,1-5H3. The Hall–Kier alpha value is -2.78. The van der Waals surface area contributed by atoms with Crippen LogP contribution >= 0.6 is 11.6 Å². The van der Waals surface area contributed by atoms with Crippen molar-refractivity contribution in [3.63, 3.8) is 0 Å². The third-order valence-corrected chi connectivity index (χ3v) is 5.14. The number of nitrogens with zero attached hydrogens (tertiary/aromatic N) is 6. The van der Waals surface area contributed by atoms with E-state index < -0.39 is 0 Å². The molecule has 7 heteroatoms. The Morgan fingerprint density at radius 3 is 2.66 bits per heavy atom. The molecule has 0 bridgehead atoms. The van der Waals surface area contributed by atoms with Gasteiger partial charge in [0.05, 0.1) is 5.69 Å². The molecular formula is C22H25ClN6. The predicted octanol–water partition coefficient (Wildman–Crippen LogP) is 4.85. The first-order valence-corrected chi connectivity index (χ1v) is 10.1. The quantitative estimate of drug-likeness (QED) is 0.331. The second-order valence-corrected chi connectivity index (χ2v) is 8.05. The van der Waals surface area contributed by atoms with Crippen LogP contribution in [0.5, 0.6) is 0 Å². The number of rotatable bonds is 6. The highest BCUT2D eigenvalue weighted by Crippen LogP contribution is 2.28. The van der Waals surface area contributed by atoms with Gasteiger partial charge in [0.15, 0.2) is 5.65 Å². The number of pyridine rings is 2. The van der Waals surface area contributed by atoms with Crippen molar-refractivity contribution in [2.24, 2.45) is 12.0 Å². The molecule has 0 amide bonds. The maximum absolute atomic E-state index is 9.12. The van der Waals surface area contributed by atoms with Crippen molar-refractivity contribution < 1.29 is 0 Å². The van der Waals surface area contributed by atoms with E-state index >= 15 is 0 Å². The Labute approximate surface area is 176 Å². The van der Waals surface area contributed by atoms with E-state index in [0.29, 0.717) is 30.3 Å². The van der Waals surface area contributed by atoms with Crippen LogP contribution in [0.3, 0.4) is 0 Å². The van der Waals surface area contributed by atoms with Crippen LogP contribution in [0.2, 0.25) is 5.15 Å². The first-order valence-electron chi connectivity index (χ1n) is 9.69. The Bertz CT molecular complexity index is 1100. The van der Waals surface area contributed by atoms with Gasteiger partial charge >= 0.3 is 0 Å². The van der Waals surface area contributed by atoms with Crippen LogP contribution in [0.25, 0.3) is 11.0 Å². The zero-order chi connectivity index (χ0) is 21.1. The molecule has 0 atom stereocenters. The van der Waals surface area contributed by atoms with Gasteiger partial charge in [-0.15, -0.1) is 0 Å². The van der Waals surface area contributed by atoms with Crippen LogP contribution in [0.15, 0.2) is 23.2 Å². The van der Waals surface area contributed by atoms with Crippen molar-refractivity contribution in [1.29, 1.82) is 5.26 Å². The second-order valence-electron chi connectivity index (χ2n) is 7.66. The minimum Gasteiger partial charge on any atom is -0.250 e. The summed E-state index contributed by atoms with van der Waals surface area (Å²) in [6.07, 6.45) is 3.86. The van der Waals surface area contributed by atoms with Crippen molar-refractivity contribution in [3.05, 3.63) is 51.6 Å². The Morgan fingerprint density at radius 2 is 2.00 bits per heavy atom. The summed E-state index contributed by atoms with van der Waals surface area (Å²) in [7, 11) is 1.92. The number of aromatic nitrogens is 4. The number of aryl methyl sites for hydroxylation is 4. The Balaban J connectivity index is 1.86. The normalized spacial score (nSPS) is 12.0. The van der Waals surface area contributed by atoms with Gasteiger partial charge in [-0.05, 0) is 61.9 Å². The number of hydrogen-bond acceptors (Lipinski definition) is 5. The zero-order valence-corrected chi connectivity index (χ0v) is 18.2. The number of fused-ring (bicyclic) bond motifs is 1. The van der Waals surface area contributed by atoms with Gasteiger partial charge in [0.1, 0.15) is 5.15 Å². The van der Waals surface area contributed by atoms with Gasteiger partial charge in [0.25, 0.3) is 0 Å². The van der Waals surface area contributed by atoms with Gasteiger partial charge in [0, 0.05) is 36.0 Å². The molecule has 0 fully saturated rings. The third-order valence-electron chi connectivity index (χ3n) is 4.94. The smallest absolute Gasteiger partial charge is 0.205 e. The van der Waals surface area contributed by atoms with Gasteiger partial charge in [-0.2, -0.15) is 15.4 Å². The molecule has 0 N–H and O–H groups in total. The van der Waals surface area contributed by atoms with Crippen LogP contribution in [0.1, 0.15) is 54.4 Å². The second kappa shape index (κ2) is 8.71. The summed E-state index contributed by atoms with van der Waals surface area (Å²) in [6, 6.07) is 5.96. The first-order chi connectivity index (χ1) is 13.8. The van der Waals surface area contributed by atoms with Gasteiger partial charge in [-0.1, -0.05) is 25.4 Å². The molecule has 3 rings (SSSR count). The van der Waals surface area contributed by atoms with Gasteiger partial charge in [-0.3, -0.25) is 4.68 Å². The molecule has 0 saturated carbocycles. The summed E-state index contributed by atoms with van der Waals surface area (Å²) in [5.74, 6) is 0.372. The lowest BCUT2D eigenvalue weighted by Crippen LogP contribution is -2.07. The maximum atomic E-state index is 9.12. The molecule has 3 heterocycles. The summed E-state index contributed by atoms with van der Waals surface area (Å²) in [6.45, 7) is 8.29. The van der Waals surface area contributed by atoms with E-state index in [2.05, 4.69) is 35.0 Å². The van der Waals surface area contributed by atoms with Crippen molar-refractivity contribution >= 4 is 28.3 Å². The topological polar surface area (TPSA) is 79.8 Å².